The maximum absolute atomic E-state index is 10.6. The van der Waals surface area contributed by atoms with Crippen molar-refractivity contribution in [3.63, 3.8) is 0 Å². The first-order chi connectivity index (χ1) is 9.70. The molecule has 0 bridgehead atoms. The number of carboxylic acid groups (broad SMARTS) is 1. The summed E-state index contributed by atoms with van der Waals surface area (Å²) in [6.45, 7) is 2.16. The quantitative estimate of drug-likeness (QED) is 0.604. The molecule has 0 aliphatic rings. The Morgan fingerprint density at radius 2 is 2.35 bits per heavy atom. The molecule has 0 aliphatic heterocycles. The zero-order valence-corrected chi connectivity index (χ0v) is 12.0. The highest BCUT2D eigenvalue weighted by molar-refractivity contribution is 7.13. The molecular weight excluding hydrogens is 276 g/mol. The summed E-state index contributed by atoms with van der Waals surface area (Å²) in [5.74, 6) is -0.394. The first kappa shape index (κ1) is 14.4. The van der Waals surface area contributed by atoms with Crippen LogP contribution in [0.15, 0.2) is 12.1 Å². The monoisotopic (exact) mass is 292 g/mol. The zero-order valence-electron chi connectivity index (χ0n) is 11.2. The van der Waals surface area contributed by atoms with Crippen LogP contribution in [0.3, 0.4) is 0 Å². The van der Waals surface area contributed by atoms with Gasteiger partial charge in [-0.3, -0.25) is 0 Å². The van der Waals surface area contributed by atoms with Gasteiger partial charge in [-0.2, -0.15) is 5.21 Å². The van der Waals surface area contributed by atoms with E-state index in [9.17, 15) is 4.79 Å². The molecule has 2 rings (SSSR count). The molecule has 6 nitrogen and oxygen atoms in total. The molecule has 0 radical (unpaired) electrons. The second-order valence-corrected chi connectivity index (χ2v) is 5.52. The van der Waals surface area contributed by atoms with Gasteiger partial charge in [-0.05, 0) is 30.2 Å². The van der Waals surface area contributed by atoms with Crippen LogP contribution in [0.5, 0.6) is 0 Å². The number of carboxylic acids is 1. The highest BCUT2D eigenvalue weighted by Gasteiger charge is 2.13. The number of tetrazole rings is 1. The van der Waals surface area contributed by atoms with Gasteiger partial charge in [-0.25, -0.2) is 4.79 Å². The van der Waals surface area contributed by atoms with E-state index in [0.29, 0.717) is 5.82 Å². The molecule has 2 aromatic rings. The molecule has 20 heavy (non-hydrogen) atoms. The van der Waals surface area contributed by atoms with E-state index in [0.717, 1.165) is 35.8 Å². The number of hydrogen-bond donors (Lipinski definition) is 2. The van der Waals surface area contributed by atoms with Gasteiger partial charge in [0.25, 0.3) is 0 Å². The number of aromatic amines is 1. The van der Waals surface area contributed by atoms with Gasteiger partial charge in [0.05, 0.1) is 0 Å². The van der Waals surface area contributed by atoms with Crippen LogP contribution in [0.1, 0.15) is 35.9 Å². The summed E-state index contributed by atoms with van der Waals surface area (Å²) in [7, 11) is 0. The number of nitrogens with one attached hydrogen (secondary N) is 1. The average Bonchev–Trinajstić information content (AvgIpc) is 3.05. The van der Waals surface area contributed by atoms with Crippen LogP contribution >= 0.6 is 11.3 Å². The van der Waals surface area contributed by atoms with Crippen LogP contribution in [0.4, 0.5) is 0 Å². The number of aromatic nitrogens is 4. The van der Waals surface area contributed by atoms with Crippen molar-refractivity contribution in [2.45, 2.75) is 32.6 Å². The number of nitrogens with zero attached hydrogens (tertiary/aromatic N) is 3. The summed E-state index contributed by atoms with van der Waals surface area (Å²) in [4.78, 5) is 12.6. The van der Waals surface area contributed by atoms with E-state index in [4.69, 9.17) is 5.11 Å². The van der Waals surface area contributed by atoms with Crippen molar-refractivity contribution < 1.29 is 9.90 Å². The van der Waals surface area contributed by atoms with Gasteiger partial charge in [0.2, 0.25) is 5.82 Å². The smallest absolute Gasteiger partial charge is 0.328 e. The number of aryl methyl sites for hydroxylation is 1. The summed E-state index contributed by atoms with van der Waals surface area (Å²) >= 11 is 1.58. The topological polar surface area (TPSA) is 91.8 Å². The normalized spacial score (nSPS) is 11.2. The summed E-state index contributed by atoms with van der Waals surface area (Å²) in [6.07, 6.45) is 7.12. The van der Waals surface area contributed by atoms with E-state index < -0.39 is 5.97 Å². The minimum absolute atomic E-state index is 0.558. The molecule has 2 N–H and O–H groups in total. The Hall–Kier alpha value is -2.02. The number of aliphatic carboxylic acids is 1. The molecule has 0 unspecified atom stereocenters. The van der Waals surface area contributed by atoms with Crippen molar-refractivity contribution in [2.24, 2.45) is 0 Å². The number of H-pyrrole nitrogens is 1. The lowest BCUT2D eigenvalue weighted by atomic mass is 10.1. The number of hydrogen-bond acceptors (Lipinski definition) is 5. The van der Waals surface area contributed by atoms with Crippen LogP contribution < -0.4 is 0 Å². The lowest BCUT2D eigenvalue weighted by molar-refractivity contribution is -0.131. The van der Waals surface area contributed by atoms with Crippen LogP contribution in [-0.4, -0.2) is 31.7 Å². The molecule has 0 aromatic carbocycles. The molecule has 2 aromatic heterocycles. The van der Waals surface area contributed by atoms with Crippen LogP contribution in [0.25, 0.3) is 17.5 Å². The van der Waals surface area contributed by atoms with Gasteiger partial charge in [0.15, 0.2) is 0 Å². The molecule has 0 saturated carbocycles. The maximum Gasteiger partial charge on any atom is 0.328 e. The second-order valence-electron chi connectivity index (χ2n) is 4.35. The summed E-state index contributed by atoms with van der Waals surface area (Å²) in [5.41, 5.74) is 0.935. The molecule has 0 aliphatic carbocycles. The van der Waals surface area contributed by atoms with Crippen molar-refractivity contribution >= 4 is 23.4 Å². The third kappa shape index (κ3) is 3.74. The Morgan fingerprint density at radius 1 is 1.50 bits per heavy atom. The van der Waals surface area contributed by atoms with Gasteiger partial charge in [0, 0.05) is 21.4 Å². The first-order valence-corrected chi connectivity index (χ1v) is 7.30. The van der Waals surface area contributed by atoms with Crippen molar-refractivity contribution in [1.82, 2.24) is 20.6 Å². The average molecular weight is 292 g/mol. The Morgan fingerprint density at radius 3 is 3.00 bits per heavy atom. The van der Waals surface area contributed by atoms with Crippen LogP contribution in [0.2, 0.25) is 0 Å². The number of carbonyl (C=O) groups is 1. The fraction of sp³-hybridized carbons (Fsp3) is 0.385. The molecule has 7 heteroatoms. The predicted octanol–water partition coefficient (Wildman–Crippen LogP) is 2.76. The molecule has 2 heterocycles. The molecule has 0 fully saturated rings. The Kier molecular flexibility index (Phi) is 5.00. The SMILES string of the molecule is CCCCCc1sc(C=CC(=O)O)cc1-c1nn[nH]n1. The molecular formula is C13H16N4O2S. The van der Waals surface area contributed by atoms with Crippen LogP contribution in [-0.2, 0) is 11.2 Å². The predicted molar refractivity (Wildman–Crippen MR) is 77.4 cm³/mol. The number of rotatable bonds is 7. The second kappa shape index (κ2) is 6.95. The van der Waals surface area contributed by atoms with Gasteiger partial charge in [0.1, 0.15) is 0 Å². The molecule has 0 atom stereocenters. The Bertz CT molecular complexity index is 590. The molecule has 0 amide bonds. The third-order valence-corrected chi connectivity index (χ3v) is 3.97. The van der Waals surface area contributed by atoms with E-state index in [1.807, 2.05) is 6.07 Å². The first-order valence-electron chi connectivity index (χ1n) is 6.48. The fourth-order valence-electron chi connectivity index (χ4n) is 1.87. The van der Waals surface area contributed by atoms with E-state index in [1.54, 1.807) is 17.4 Å². The molecule has 106 valence electrons. The van der Waals surface area contributed by atoms with Crippen molar-refractivity contribution in [3.8, 4) is 11.4 Å². The van der Waals surface area contributed by atoms with E-state index in [1.165, 1.54) is 11.3 Å². The summed E-state index contributed by atoms with van der Waals surface area (Å²) < 4.78 is 0. The van der Waals surface area contributed by atoms with Gasteiger partial charge < -0.3 is 5.11 Å². The fourth-order valence-corrected chi connectivity index (χ4v) is 2.98. The lowest BCUT2D eigenvalue weighted by Gasteiger charge is -1.98. The largest absolute Gasteiger partial charge is 0.478 e. The van der Waals surface area contributed by atoms with Gasteiger partial charge >= 0.3 is 5.97 Å². The van der Waals surface area contributed by atoms with E-state index in [2.05, 4.69) is 27.5 Å². The van der Waals surface area contributed by atoms with E-state index >= 15 is 0 Å². The highest BCUT2D eigenvalue weighted by atomic mass is 32.1. The Balaban J connectivity index is 2.25. The van der Waals surface area contributed by atoms with Crippen molar-refractivity contribution in [2.75, 3.05) is 0 Å². The van der Waals surface area contributed by atoms with Gasteiger partial charge in [-0.15, -0.1) is 21.5 Å². The highest BCUT2D eigenvalue weighted by Crippen LogP contribution is 2.31. The lowest BCUT2D eigenvalue weighted by Crippen LogP contribution is -1.86. The van der Waals surface area contributed by atoms with Crippen molar-refractivity contribution in [1.29, 1.82) is 0 Å². The maximum atomic E-state index is 10.6. The minimum atomic E-state index is -0.952. The number of unbranched alkanes of at least 4 members (excludes halogenated alkanes) is 2. The number of thiophene rings is 1. The van der Waals surface area contributed by atoms with Crippen molar-refractivity contribution in [3.05, 3.63) is 21.9 Å². The molecule has 0 saturated heterocycles. The standard InChI is InChI=1S/C13H16N4O2S/c1-2-3-4-5-11-10(13-14-16-17-15-13)8-9(20-11)6-7-12(18)19/h6-8H,2-5H2,1H3,(H,18,19)(H,14,15,16,17). The minimum Gasteiger partial charge on any atom is -0.478 e. The zero-order chi connectivity index (χ0) is 14.4. The van der Waals surface area contributed by atoms with E-state index in [-0.39, 0.29) is 0 Å². The third-order valence-electron chi connectivity index (χ3n) is 2.81. The Labute approximate surface area is 120 Å². The van der Waals surface area contributed by atoms with Gasteiger partial charge in [-0.1, -0.05) is 19.8 Å². The van der Waals surface area contributed by atoms with Crippen LogP contribution in [0, 0.1) is 0 Å². The summed E-state index contributed by atoms with van der Waals surface area (Å²) in [5, 5.41) is 22.7. The summed E-state index contributed by atoms with van der Waals surface area (Å²) in [6, 6.07) is 1.91. The molecule has 0 spiro atoms.